The lowest BCUT2D eigenvalue weighted by Gasteiger charge is -2.26. The van der Waals surface area contributed by atoms with Gasteiger partial charge in [-0.25, -0.2) is 8.42 Å². The summed E-state index contributed by atoms with van der Waals surface area (Å²) in [6.07, 6.45) is 4.02. The van der Waals surface area contributed by atoms with E-state index in [0.717, 1.165) is 44.3 Å². The van der Waals surface area contributed by atoms with Crippen molar-refractivity contribution in [1.82, 2.24) is 9.47 Å². The third-order valence-electron chi connectivity index (χ3n) is 5.26. The number of likely N-dealkylation sites (tertiary alicyclic amines) is 1. The average Bonchev–Trinajstić information content (AvgIpc) is 2.98. The molecule has 0 saturated carbocycles. The van der Waals surface area contributed by atoms with Crippen LogP contribution in [0.3, 0.4) is 0 Å². The van der Waals surface area contributed by atoms with E-state index in [9.17, 15) is 13.2 Å². The van der Waals surface area contributed by atoms with E-state index in [2.05, 4.69) is 4.72 Å². The number of hydrogen-bond acceptors (Lipinski definition) is 3. The molecule has 0 aliphatic carbocycles. The molecule has 6 nitrogen and oxygen atoms in total. The number of nitrogens with zero attached hydrogens (tertiary/aromatic N) is 2. The van der Waals surface area contributed by atoms with Crippen LogP contribution in [-0.2, 0) is 23.5 Å². The fourth-order valence-electron chi connectivity index (χ4n) is 3.43. The summed E-state index contributed by atoms with van der Waals surface area (Å²) in [5.41, 5.74) is 2.62. The molecule has 1 aliphatic heterocycles. The molecule has 3 rings (SSSR count). The van der Waals surface area contributed by atoms with Gasteiger partial charge in [0.05, 0.1) is 0 Å². The number of amides is 1. The van der Waals surface area contributed by atoms with Gasteiger partial charge in [-0.05, 0) is 56.4 Å². The zero-order chi connectivity index (χ0) is 19.6. The molecule has 2 heterocycles. The first kappa shape index (κ1) is 19.5. The van der Waals surface area contributed by atoms with Gasteiger partial charge in [0.25, 0.3) is 15.9 Å². The van der Waals surface area contributed by atoms with E-state index in [1.807, 2.05) is 24.0 Å². The highest BCUT2D eigenvalue weighted by Gasteiger charge is 2.27. The summed E-state index contributed by atoms with van der Waals surface area (Å²) in [6.45, 7) is 5.23. The molecule has 0 radical (unpaired) electrons. The molecule has 0 atom stereocenters. The molecule has 0 bridgehead atoms. The number of nitrogens with one attached hydrogen (secondary N) is 1. The van der Waals surface area contributed by atoms with Gasteiger partial charge in [0.1, 0.15) is 10.6 Å². The van der Waals surface area contributed by atoms with E-state index in [4.69, 9.17) is 0 Å². The summed E-state index contributed by atoms with van der Waals surface area (Å²) < 4.78 is 30.1. The van der Waals surface area contributed by atoms with E-state index in [1.165, 1.54) is 6.07 Å². The molecule has 27 heavy (non-hydrogen) atoms. The Kier molecular flexibility index (Phi) is 5.60. The van der Waals surface area contributed by atoms with Crippen LogP contribution in [0, 0.1) is 6.92 Å². The molecule has 0 spiro atoms. The van der Waals surface area contributed by atoms with Crippen LogP contribution >= 0.6 is 0 Å². The molecular weight excluding hydrogens is 362 g/mol. The van der Waals surface area contributed by atoms with Crippen molar-refractivity contribution in [3.05, 3.63) is 47.3 Å². The number of aryl methyl sites for hydroxylation is 1. The van der Waals surface area contributed by atoms with E-state index >= 15 is 0 Å². The number of sulfonamides is 1. The molecule has 7 heteroatoms. The summed E-state index contributed by atoms with van der Waals surface area (Å²) in [7, 11) is -2.03. The monoisotopic (exact) mass is 389 g/mol. The van der Waals surface area contributed by atoms with Gasteiger partial charge in [-0.2, -0.15) is 0 Å². The Morgan fingerprint density at radius 2 is 1.74 bits per heavy atom. The number of anilines is 1. The summed E-state index contributed by atoms with van der Waals surface area (Å²) >= 11 is 0. The summed E-state index contributed by atoms with van der Waals surface area (Å²) in [5, 5.41) is 0. The fourth-order valence-corrected chi connectivity index (χ4v) is 4.78. The van der Waals surface area contributed by atoms with Crippen LogP contribution in [0.1, 0.15) is 47.9 Å². The predicted molar refractivity (Wildman–Crippen MR) is 107 cm³/mol. The third-order valence-corrected chi connectivity index (χ3v) is 6.75. The predicted octanol–water partition coefficient (Wildman–Crippen LogP) is 3.32. The summed E-state index contributed by atoms with van der Waals surface area (Å²) in [5.74, 6) is -0.103. The second kappa shape index (κ2) is 7.76. The van der Waals surface area contributed by atoms with Crippen molar-refractivity contribution in [2.75, 3.05) is 17.8 Å². The highest BCUT2D eigenvalue weighted by atomic mass is 32.2. The van der Waals surface area contributed by atoms with Gasteiger partial charge < -0.3 is 9.47 Å². The minimum absolute atomic E-state index is 0.103. The smallest absolute Gasteiger partial charge is 0.270 e. The van der Waals surface area contributed by atoms with Crippen molar-refractivity contribution in [2.24, 2.45) is 7.05 Å². The topological polar surface area (TPSA) is 71.4 Å². The van der Waals surface area contributed by atoms with Gasteiger partial charge in [-0.15, -0.1) is 0 Å². The molecule has 0 unspecified atom stereocenters. The highest BCUT2D eigenvalue weighted by Crippen LogP contribution is 2.24. The first-order valence-corrected chi connectivity index (χ1v) is 10.9. The Balaban J connectivity index is 1.87. The molecule has 2 aromatic rings. The van der Waals surface area contributed by atoms with Crippen molar-refractivity contribution in [3.8, 4) is 0 Å². The summed E-state index contributed by atoms with van der Waals surface area (Å²) in [4.78, 5) is 14.8. The Morgan fingerprint density at radius 3 is 2.33 bits per heavy atom. The zero-order valence-corrected chi connectivity index (χ0v) is 17.0. The zero-order valence-electron chi connectivity index (χ0n) is 16.2. The van der Waals surface area contributed by atoms with E-state index in [0.29, 0.717) is 17.1 Å². The number of carbonyl (C=O) groups excluding carboxylic acids is 1. The standard InChI is InChI=1S/C20H27N3O3S/c1-4-16-8-10-17(11-9-16)21-27(25,26)19-14-18(22(3)15(19)2)20(24)23-12-6-5-7-13-23/h8-11,14,21H,4-7,12-13H2,1-3H3. The minimum Gasteiger partial charge on any atom is -0.343 e. The SMILES string of the molecule is CCc1ccc(NS(=O)(=O)c2cc(C(=O)N3CCCCC3)n(C)c2C)cc1. The van der Waals surface area contributed by atoms with Crippen molar-refractivity contribution in [3.63, 3.8) is 0 Å². The number of rotatable bonds is 5. The molecular formula is C20H27N3O3S. The van der Waals surface area contributed by atoms with Crippen LogP contribution in [0.5, 0.6) is 0 Å². The lowest BCUT2D eigenvalue weighted by atomic mass is 10.1. The maximum absolute atomic E-state index is 12.9. The minimum atomic E-state index is -3.77. The molecule has 1 N–H and O–H groups in total. The Morgan fingerprint density at radius 1 is 1.11 bits per heavy atom. The van der Waals surface area contributed by atoms with Crippen LogP contribution in [0.15, 0.2) is 35.2 Å². The molecule has 146 valence electrons. The second-order valence-corrected chi connectivity index (χ2v) is 8.70. The molecule has 1 aromatic heterocycles. The molecule has 1 aromatic carbocycles. The van der Waals surface area contributed by atoms with Gasteiger partial charge in [-0.1, -0.05) is 19.1 Å². The van der Waals surface area contributed by atoms with Crippen molar-refractivity contribution in [2.45, 2.75) is 44.4 Å². The largest absolute Gasteiger partial charge is 0.343 e. The lowest BCUT2D eigenvalue weighted by molar-refractivity contribution is 0.0714. The van der Waals surface area contributed by atoms with Crippen molar-refractivity contribution in [1.29, 1.82) is 0 Å². The maximum Gasteiger partial charge on any atom is 0.270 e. The molecule has 1 aliphatic rings. The number of benzene rings is 1. The third kappa shape index (κ3) is 4.03. The van der Waals surface area contributed by atoms with Crippen LogP contribution < -0.4 is 4.72 Å². The van der Waals surface area contributed by atoms with E-state index in [-0.39, 0.29) is 10.8 Å². The normalized spacial score (nSPS) is 15.0. The number of carbonyl (C=O) groups is 1. The average molecular weight is 390 g/mol. The Labute approximate surface area is 161 Å². The quantitative estimate of drug-likeness (QED) is 0.853. The van der Waals surface area contributed by atoms with Gasteiger partial charge in [0.15, 0.2) is 0 Å². The number of hydrogen-bond donors (Lipinski definition) is 1. The van der Waals surface area contributed by atoms with Gasteiger partial charge >= 0.3 is 0 Å². The lowest BCUT2D eigenvalue weighted by Crippen LogP contribution is -2.36. The first-order valence-electron chi connectivity index (χ1n) is 9.41. The highest BCUT2D eigenvalue weighted by molar-refractivity contribution is 7.92. The fraction of sp³-hybridized carbons (Fsp3) is 0.450. The second-order valence-electron chi connectivity index (χ2n) is 7.05. The molecule has 1 saturated heterocycles. The van der Waals surface area contributed by atoms with Crippen LogP contribution in [0.2, 0.25) is 0 Å². The van der Waals surface area contributed by atoms with Gasteiger partial charge in [0, 0.05) is 31.5 Å². The molecule has 1 fully saturated rings. The van der Waals surface area contributed by atoms with E-state index in [1.54, 1.807) is 30.7 Å². The molecule has 1 amide bonds. The van der Waals surface area contributed by atoms with Gasteiger partial charge in [0.2, 0.25) is 0 Å². The van der Waals surface area contributed by atoms with E-state index < -0.39 is 10.0 Å². The Bertz CT molecular complexity index is 924. The number of piperidine rings is 1. The van der Waals surface area contributed by atoms with Crippen LogP contribution in [0.25, 0.3) is 0 Å². The maximum atomic E-state index is 12.9. The Hall–Kier alpha value is -2.28. The van der Waals surface area contributed by atoms with Crippen LogP contribution in [-0.4, -0.2) is 36.9 Å². The van der Waals surface area contributed by atoms with Gasteiger partial charge in [-0.3, -0.25) is 9.52 Å². The van der Waals surface area contributed by atoms with Crippen LogP contribution in [0.4, 0.5) is 5.69 Å². The first-order chi connectivity index (χ1) is 12.8. The van der Waals surface area contributed by atoms with Crippen molar-refractivity contribution < 1.29 is 13.2 Å². The van der Waals surface area contributed by atoms with Crippen molar-refractivity contribution >= 4 is 21.6 Å². The summed E-state index contributed by atoms with van der Waals surface area (Å²) in [6, 6.07) is 8.82. The number of aromatic nitrogens is 1.